The molecule has 0 radical (unpaired) electrons. The van der Waals surface area contributed by atoms with E-state index in [4.69, 9.17) is 0 Å². The van der Waals surface area contributed by atoms with Gasteiger partial charge in [-0.15, -0.1) is 0 Å². The number of hydrogen-bond donors (Lipinski definition) is 1. The molecule has 114 valence electrons. The van der Waals surface area contributed by atoms with E-state index in [0.717, 1.165) is 30.8 Å². The van der Waals surface area contributed by atoms with Crippen LogP contribution in [0.1, 0.15) is 23.2 Å². The van der Waals surface area contributed by atoms with Crippen LogP contribution in [0.2, 0.25) is 0 Å². The summed E-state index contributed by atoms with van der Waals surface area (Å²) in [7, 11) is 0. The van der Waals surface area contributed by atoms with Gasteiger partial charge >= 0.3 is 0 Å². The van der Waals surface area contributed by atoms with Crippen LogP contribution in [0, 0.1) is 10.1 Å². The van der Waals surface area contributed by atoms with Gasteiger partial charge in [-0.1, -0.05) is 0 Å². The molecule has 1 aromatic rings. The van der Waals surface area contributed by atoms with E-state index in [2.05, 4.69) is 5.32 Å². The van der Waals surface area contributed by atoms with Crippen LogP contribution >= 0.6 is 11.8 Å². The molecule has 1 saturated heterocycles. The largest absolute Gasteiger partial charge is 0.384 e. The summed E-state index contributed by atoms with van der Waals surface area (Å²) < 4.78 is 0. The van der Waals surface area contributed by atoms with Crippen molar-refractivity contribution < 1.29 is 9.72 Å². The van der Waals surface area contributed by atoms with Crippen molar-refractivity contribution >= 4 is 29.0 Å². The van der Waals surface area contributed by atoms with E-state index in [1.165, 1.54) is 6.07 Å². The van der Waals surface area contributed by atoms with Crippen molar-refractivity contribution in [2.75, 3.05) is 37.0 Å². The van der Waals surface area contributed by atoms with Crippen LogP contribution < -0.4 is 5.32 Å². The number of hydrogen-bond acceptors (Lipinski definition) is 5. The first-order valence-corrected chi connectivity index (χ1v) is 8.33. The van der Waals surface area contributed by atoms with Gasteiger partial charge < -0.3 is 10.2 Å². The van der Waals surface area contributed by atoms with E-state index >= 15 is 0 Å². The van der Waals surface area contributed by atoms with Crippen molar-refractivity contribution in [2.24, 2.45) is 0 Å². The zero-order chi connectivity index (χ0) is 15.2. The van der Waals surface area contributed by atoms with Gasteiger partial charge in [0.25, 0.3) is 11.6 Å². The number of thioether (sulfide) groups is 1. The third kappa shape index (κ3) is 3.87. The summed E-state index contributed by atoms with van der Waals surface area (Å²) in [5.74, 6) is 0.694. The Balaban J connectivity index is 2.23. The number of nitro groups is 1. The molecule has 1 aromatic carbocycles. The minimum Gasteiger partial charge on any atom is -0.384 e. The molecule has 1 heterocycles. The topological polar surface area (TPSA) is 75.5 Å². The fourth-order valence-corrected chi connectivity index (χ4v) is 2.67. The zero-order valence-corrected chi connectivity index (χ0v) is 12.8. The summed E-state index contributed by atoms with van der Waals surface area (Å²) >= 11 is 1.71. The Bertz CT molecular complexity index is 530. The zero-order valence-electron chi connectivity index (χ0n) is 12.0. The van der Waals surface area contributed by atoms with Gasteiger partial charge in [0.05, 0.1) is 4.92 Å². The van der Waals surface area contributed by atoms with Gasteiger partial charge in [0.1, 0.15) is 5.56 Å². The number of likely N-dealkylation sites (tertiary alicyclic amines) is 1. The second-order valence-electron chi connectivity index (χ2n) is 4.91. The highest BCUT2D eigenvalue weighted by Gasteiger charge is 2.26. The fourth-order valence-electron chi connectivity index (χ4n) is 2.36. The van der Waals surface area contributed by atoms with Crippen LogP contribution in [0.25, 0.3) is 0 Å². The first kappa shape index (κ1) is 15.6. The average molecular weight is 309 g/mol. The molecule has 0 aromatic heterocycles. The van der Waals surface area contributed by atoms with Crippen molar-refractivity contribution in [3.8, 4) is 0 Å². The minimum absolute atomic E-state index is 0.123. The van der Waals surface area contributed by atoms with Gasteiger partial charge in [0, 0.05) is 37.1 Å². The lowest BCUT2D eigenvalue weighted by Crippen LogP contribution is -2.28. The highest BCUT2D eigenvalue weighted by molar-refractivity contribution is 7.98. The number of rotatable bonds is 6. The Labute approximate surface area is 128 Å². The number of nitrogens with zero attached hydrogens (tertiary/aromatic N) is 2. The number of benzene rings is 1. The van der Waals surface area contributed by atoms with Crippen LogP contribution in [0.3, 0.4) is 0 Å². The number of nitro benzene ring substituents is 1. The van der Waals surface area contributed by atoms with Crippen LogP contribution in [0.4, 0.5) is 11.4 Å². The van der Waals surface area contributed by atoms with Crippen molar-refractivity contribution in [3.63, 3.8) is 0 Å². The van der Waals surface area contributed by atoms with Gasteiger partial charge in [0.2, 0.25) is 0 Å². The Morgan fingerprint density at radius 1 is 1.43 bits per heavy atom. The molecule has 7 heteroatoms. The third-order valence-electron chi connectivity index (χ3n) is 3.45. The Kier molecular flexibility index (Phi) is 5.44. The molecule has 6 nitrogen and oxygen atoms in total. The molecule has 1 aliphatic heterocycles. The van der Waals surface area contributed by atoms with E-state index in [0.29, 0.717) is 13.1 Å². The Morgan fingerprint density at radius 2 is 2.14 bits per heavy atom. The summed E-state index contributed by atoms with van der Waals surface area (Å²) in [6.45, 7) is 2.12. The SMILES string of the molecule is CSCCNc1ccc([N+](=O)[O-])c(C(=O)N2CCCC2)c1. The quantitative estimate of drug-likeness (QED) is 0.496. The standard InChI is InChI=1S/C14H19N3O3S/c1-21-9-6-15-11-4-5-13(17(19)20)12(10-11)14(18)16-7-2-3-8-16/h4-5,10,15H,2-3,6-9H2,1H3. The molecule has 21 heavy (non-hydrogen) atoms. The van der Waals surface area contributed by atoms with Crippen molar-refractivity contribution in [1.29, 1.82) is 0 Å². The highest BCUT2D eigenvalue weighted by Crippen LogP contribution is 2.25. The van der Waals surface area contributed by atoms with Crippen LogP contribution in [-0.4, -0.2) is 47.4 Å². The monoisotopic (exact) mass is 309 g/mol. The number of amides is 1. The first-order chi connectivity index (χ1) is 10.1. The molecular weight excluding hydrogens is 290 g/mol. The summed E-state index contributed by atoms with van der Waals surface area (Å²) in [6, 6.07) is 4.66. The van der Waals surface area contributed by atoms with E-state index < -0.39 is 4.92 Å². The second-order valence-corrected chi connectivity index (χ2v) is 5.89. The predicted octanol–water partition coefficient (Wildman–Crippen LogP) is 2.61. The van der Waals surface area contributed by atoms with Gasteiger partial charge in [-0.3, -0.25) is 14.9 Å². The molecule has 0 saturated carbocycles. The normalized spacial score (nSPS) is 14.2. The van der Waals surface area contributed by atoms with Crippen molar-refractivity contribution in [2.45, 2.75) is 12.8 Å². The molecule has 0 atom stereocenters. The number of anilines is 1. The van der Waals surface area contributed by atoms with Gasteiger partial charge in [-0.25, -0.2) is 0 Å². The number of nitrogens with one attached hydrogen (secondary N) is 1. The molecule has 1 amide bonds. The molecule has 0 spiro atoms. The Morgan fingerprint density at radius 3 is 2.76 bits per heavy atom. The van der Waals surface area contributed by atoms with Crippen LogP contribution in [-0.2, 0) is 0 Å². The maximum Gasteiger partial charge on any atom is 0.282 e. The maximum absolute atomic E-state index is 12.4. The molecular formula is C14H19N3O3S. The van der Waals surface area contributed by atoms with E-state index in [9.17, 15) is 14.9 Å². The van der Waals surface area contributed by atoms with Gasteiger partial charge in [-0.05, 0) is 31.2 Å². The lowest BCUT2D eigenvalue weighted by atomic mass is 10.1. The number of carbonyl (C=O) groups excluding carboxylic acids is 1. The maximum atomic E-state index is 12.4. The van der Waals surface area contributed by atoms with Crippen LogP contribution in [0.15, 0.2) is 18.2 Å². The second kappa shape index (κ2) is 7.31. The number of carbonyl (C=O) groups is 1. The first-order valence-electron chi connectivity index (χ1n) is 6.94. The summed E-state index contributed by atoms with van der Waals surface area (Å²) in [4.78, 5) is 24.8. The molecule has 2 rings (SSSR count). The molecule has 0 unspecified atom stereocenters. The summed E-state index contributed by atoms with van der Waals surface area (Å²) in [5, 5.41) is 14.3. The molecule has 1 aliphatic rings. The lowest BCUT2D eigenvalue weighted by Gasteiger charge is -2.16. The van der Waals surface area contributed by atoms with Crippen LogP contribution in [0.5, 0.6) is 0 Å². The van der Waals surface area contributed by atoms with Gasteiger partial charge in [-0.2, -0.15) is 11.8 Å². The van der Waals surface area contributed by atoms with E-state index in [-0.39, 0.29) is 17.2 Å². The lowest BCUT2D eigenvalue weighted by molar-refractivity contribution is -0.385. The van der Waals surface area contributed by atoms with Gasteiger partial charge in [0.15, 0.2) is 0 Å². The molecule has 0 bridgehead atoms. The van der Waals surface area contributed by atoms with Crippen molar-refractivity contribution in [3.05, 3.63) is 33.9 Å². The van der Waals surface area contributed by atoms with E-state index in [1.54, 1.807) is 28.8 Å². The smallest absolute Gasteiger partial charge is 0.282 e. The average Bonchev–Trinajstić information content (AvgIpc) is 3.00. The minimum atomic E-state index is -0.491. The third-order valence-corrected chi connectivity index (χ3v) is 4.06. The van der Waals surface area contributed by atoms with E-state index in [1.807, 2.05) is 6.26 Å². The van der Waals surface area contributed by atoms with Crippen molar-refractivity contribution in [1.82, 2.24) is 4.90 Å². The summed E-state index contributed by atoms with van der Waals surface area (Å²) in [6.07, 6.45) is 3.94. The predicted molar refractivity (Wildman–Crippen MR) is 85.1 cm³/mol. The molecule has 0 aliphatic carbocycles. The highest BCUT2D eigenvalue weighted by atomic mass is 32.2. The Hall–Kier alpha value is -1.76. The molecule has 1 fully saturated rings. The fraction of sp³-hybridized carbons (Fsp3) is 0.500. The summed E-state index contributed by atoms with van der Waals surface area (Å²) in [5.41, 5.74) is 0.801. The molecule has 1 N–H and O–H groups in total.